The van der Waals surface area contributed by atoms with Gasteiger partial charge in [-0.1, -0.05) is 0 Å². The van der Waals surface area contributed by atoms with Gasteiger partial charge in [0.15, 0.2) is 29.1 Å². The molecule has 9 heteroatoms. The fourth-order valence-corrected chi connectivity index (χ4v) is 3.69. The molecule has 0 aliphatic carbocycles. The molecule has 0 saturated carbocycles. The zero-order valence-corrected chi connectivity index (χ0v) is 15.7. The molecule has 1 fully saturated rings. The lowest BCUT2D eigenvalue weighted by atomic mass is 10.1. The van der Waals surface area contributed by atoms with Crippen LogP contribution >= 0.6 is 0 Å². The van der Waals surface area contributed by atoms with E-state index >= 15 is 0 Å². The molecule has 2 aromatic heterocycles. The van der Waals surface area contributed by atoms with Crippen molar-refractivity contribution in [1.82, 2.24) is 14.6 Å². The number of piperidine rings is 1. The molecule has 2 atom stereocenters. The van der Waals surface area contributed by atoms with E-state index in [-0.39, 0.29) is 18.9 Å². The van der Waals surface area contributed by atoms with E-state index in [4.69, 9.17) is 14.2 Å². The van der Waals surface area contributed by atoms with Crippen LogP contribution in [0.4, 0.5) is 10.2 Å². The Morgan fingerprint density at radius 2 is 2.07 bits per heavy atom. The first kappa shape index (κ1) is 17.7. The maximum absolute atomic E-state index is 14.9. The molecule has 3 aromatic rings. The summed E-state index contributed by atoms with van der Waals surface area (Å²) in [5.74, 6) is 2.39. The van der Waals surface area contributed by atoms with Gasteiger partial charge in [0.1, 0.15) is 11.9 Å². The van der Waals surface area contributed by atoms with E-state index in [1.807, 2.05) is 11.8 Å². The fourth-order valence-electron chi connectivity index (χ4n) is 3.69. The lowest BCUT2D eigenvalue weighted by molar-refractivity contribution is 0.0816. The van der Waals surface area contributed by atoms with Crippen LogP contribution in [-0.4, -0.2) is 46.8 Å². The van der Waals surface area contributed by atoms with Crippen LogP contribution in [0.15, 0.2) is 41.3 Å². The smallest absolute Gasteiger partial charge is 0.274 e. The van der Waals surface area contributed by atoms with Crippen molar-refractivity contribution in [2.24, 2.45) is 0 Å². The van der Waals surface area contributed by atoms with Gasteiger partial charge in [0, 0.05) is 31.3 Å². The van der Waals surface area contributed by atoms with Crippen LogP contribution in [0.25, 0.3) is 5.65 Å². The Morgan fingerprint density at radius 3 is 2.93 bits per heavy atom. The molecule has 150 valence electrons. The van der Waals surface area contributed by atoms with Crippen LogP contribution in [0, 0.1) is 6.92 Å². The Morgan fingerprint density at radius 1 is 1.21 bits per heavy atom. The average Bonchev–Trinajstić information content (AvgIpc) is 3.17. The number of anilines is 1. The van der Waals surface area contributed by atoms with E-state index in [1.54, 1.807) is 24.3 Å². The number of fused-ring (bicyclic) bond motifs is 2. The summed E-state index contributed by atoms with van der Waals surface area (Å²) < 4.78 is 32.7. The highest BCUT2D eigenvalue weighted by atomic mass is 19.1. The SMILES string of the molecule is Cc1cc2nccc(=O)n2nc1N1CC[C@@H](Oc2ccc3c(c2)OCO3)[C@H](F)C1. The van der Waals surface area contributed by atoms with Crippen molar-refractivity contribution < 1.29 is 18.6 Å². The maximum atomic E-state index is 14.9. The lowest BCUT2D eigenvalue weighted by Crippen LogP contribution is -2.47. The van der Waals surface area contributed by atoms with Crippen LogP contribution in [0.2, 0.25) is 0 Å². The van der Waals surface area contributed by atoms with E-state index in [0.29, 0.717) is 41.7 Å². The van der Waals surface area contributed by atoms with Crippen molar-refractivity contribution in [3.63, 3.8) is 0 Å². The van der Waals surface area contributed by atoms with Crippen LogP contribution in [0.1, 0.15) is 12.0 Å². The second-order valence-corrected chi connectivity index (χ2v) is 7.13. The van der Waals surface area contributed by atoms with Gasteiger partial charge in [0.05, 0.1) is 6.54 Å². The first-order valence-corrected chi connectivity index (χ1v) is 9.39. The molecule has 5 rings (SSSR count). The number of ether oxygens (including phenoxy) is 3. The number of nitrogens with zero attached hydrogens (tertiary/aromatic N) is 4. The molecule has 29 heavy (non-hydrogen) atoms. The molecular formula is C20H19FN4O4. The fraction of sp³-hybridized carbons (Fsp3) is 0.350. The highest BCUT2D eigenvalue weighted by Crippen LogP contribution is 2.36. The molecule has 4 heterocycles. The molecule has 2 aliphatic heterocycles. The van der Waals surface area contributed by atoms with Gasteiger partial charge in [-0.3, -0.25) is 4.79 Å². The van der Waals surface area contributed by atoms with Crippen LogP contribution in [0.5, 0.6) is 17.2 Å². The minimum atomic E-state index is -1.21. The summed E-state index contributed by atoms with van der Waals surface area (Å²) in [6.45, 7) is 2.75. The van der Waals surface area contributed by atoms with E-state index < -0.39 is 12.3 Å². The molecule has 1 aromatic carbocycles. The molecule has 0 N–H and O–H groups in total. The van der Waals surface area contributed by atoms with E-state index in [2.05, 4.69) is 10.1 Å². The van der Waals surface area contributed by atoms with Crippen molar-refractivity contribution >= 4 is 11.5 Å². The first-order valence-electron chi connectivity index (χ1n) is 9.39. The summed E-state index contributed by atoms with van der Waals surface area (Å²) in [6, 6.07) is 8.36. The number of hydrogen-bond acceptors (Lipinski definition) is 7. The number of hydrogen-bond donors (Lipinski definition) is 0. The summed E-state index contributed by atoms with van der Waals surface area (Å²) in [5, 5.41) is 4.41. The summed E-state index contributed by atoms with van der Waals surface area (Å²) >= 11 is 0. The molecule has 8 nitrogen and oxygen atoms in total. The van der Waals surface area contributed by atoms with Crippen LogP contribution in [-0.2, 0) is 0 Å². The van der Waals surface area contributed by atoms with Crippen molar-refractivity contribution in [2.75, 3.05) is 24.8 Å². The van der Waals surface area contributed by atoms with E-state index in [0.717, 1.165) is 5.56 Å². The maximum Gasteiger partial charge on any atom is 0.274 e. The zero-order chi connectivity index (χ0) is 20.0. The molecule has 0 bridgehead atoms. The second kappa shape index (κ2) is 6.91. The zero-order valence-electron chi connectivity index (χ0n) is 15.7. The highest BCUT2D eigenvalue weighted by molar-refractivity contribution is 5.53. The highest BCUT2D eigenvalue weighted by Gasteiger charge is 2.32. The van der Waals surface area contributed by atoms with Crippen molar-refractivity contribution in [3.8, 4) is 17.2 Å². The second-order valence-electron chi connectivity index (χ2n) is 7.13. The largest absolute Gasteiger partial charge is 0.487 e. The lowest BCUT2D eigenvalue weighted by Gasteiger charge is -2.36. The third kappa shape index (κ3) is 3.22. The van der Waals surface area contributed by atoms with Crippen LogP contribution in [0.3, 0.4) is 0 Å². The molecule has 0 spiro atoms. The predicted octanol–water partition coefficient (Wildman–Crippen LogP) is 2.12. The van der Waals surface area contributed by atoms with Crippen LogP contribution < -0.4 is 24.7 Å². The third-order valence-electron chi connectivity index (χ3n) is 5.16. The summed E-state index contributed by atoms with van der Waals surface area (Å²) in [4.78, 5) is 18.1. The number of halogens is 1. The first-order chi connectivity index (χ1) is 14.1. The summed E-state index contributed by atoms with van der Waals surface area (Å²) in [5.41, 5.74) is 1.04. The average molecular weight is 398 g/mol. The third-order valence-corrected chi connectivity index (χ3v) is 5.16. The predicted molar refractivity (Wildman–Crippen MR) is 103 cm³/mol. The Balaban J connectivity index is 1.33. The van der Waals surface area contributed by atoms with Gasteiger partial charge in [-0.2, -0.15) is 4.52 Å². The quantitative estimate of drug-likeness (QED) is 0.669. The molecule has 0 radical (unpaired) electrons. The Kier molecular flexibility index (Phi) is 4.22. The Hall–Kier alpha value is -3.36. The van der Waals surface area contributed by atoms with Gasteiger partial charge in [0.2, 0.25) is 6.79 Å². The van der Waals surface area contributed by atoms with Gasteiger partial charge in [0.25, 0.3) is 5.56 Å². The van der Waals surface area contributed by atoms with Gasteiger partial charge in [-0.15, -0.1) is 5.10 Å². The summed E-state index contributed by atoms with van der Waals surface area (Å²) in [6.07, 6.45) is 0.152. The number of aryl methyl sites for hydroxylation is 1. The number of aromatic nitrogens is 3. The molecule has 0 amide bonds. The van der Waals surface area contributed by atoms with Gasteiger partial charge in [-0.05, 0) is 30.7 Å². The number of benzene rings is 1. The molecule has 2 aliphatic rings. The van der Waals surface area contributed by atoms with Crippen molar-refractivity contribution in [2.45, 2.75) is 25.6 Å². The number of alkyl halides is 1. The minimum Gasteiger partial charge on any atom is -0.487 e. The van der Waals surface area contributed by atoms with Gasteiger partial charge < -0.3 is 19.1 Å². The van der Waals surface area contributed by atoms with Gasteiger partial charge in [-0.25, -0.2) is 9.37 Å². The van der Waals surface area contributed by atoms with Gasteiger partial charge >= 0.3 is 0 Å². The molecule has 0 unspecified atom stereocenters. The Labute approximate surface area is 165 Å². The van der Waals surface area contributed by atoms with Crippen molar-refractivity contribution in [3.05, 3.63) is 52.4 Å². The summed E-state index contributed by atoms with van der Waals surface area (Å²) in [7, 11) is 0. The normalized spacial score (nSPS) is 20.8. The topological polar surface area (TPSA) is 78.2 Å². The van der Waals surface area contributed by atoms with E-state index in [9.17, 15) is 9.18 Å². The molecular weight excluding hydrogens is 379 g/mol. The van der Waals surface area contributed by atoms with Crippen molar-refractivity contribution in [1.29, 1.82) is 0 Å². The standard InChI is InChI=1S/C20H19FN4O4/c1-12-8-18-22-6-4-19(26)25(18)23-20(12)24-7-5-15(14(21)10-24)29-13-2-3-16-17(9-13)28-11-27-16/h2-4,6,8-9,14-15H,5,7,10-11H2,1H3/t14-,15-/m1/s1. The van der Waals surface area contributed by atoms with E-state index in [1.165, 1.54) is 16.8 Å². The monoisotopic (exact) mass is 398 g/mol. The Bertz CT molecular complexity index is 1140. The number of rotatable bonds is 3. The molecule has 1 saturated heterocycles. The minimum absolute atomic E-state index is 0.129.